The quantitative estimate of drug-likeness (QED) is 0.114. The van der Waals surface area contributed by atoms with E-state index in [0.717, 1.165) is 22.9 Å². The fourth-order valence-electron chi connectivity index (χ4n) is 6.26. The first-order valence-corrected chi connectivity index (χ1v) is 16.4. The van der Waals surface area contributed by atoms with Crippen molar-refractivity contribution in [2.45, 2.75) is 128 Å². The highest BCUT2D eigenvalue weighted by Crippen LogP contribution is 2.34. The SMILES string of the molecule is CCCCCCCCCCCCCCCCCCc1ccc2[nH]c(N3C(=O)C(N)C(c4ccccc4)C3=O)cc2c1. The zero-order valence-corrected chi connectivity index (χ0v) is 25.2. The number of nitrogens with two attached hydrogens (primary N) is 1. The molecule has 1 saturated heterocycles. The minimum atomic E-state index is -0.873. The smallest absolute Gasteiger partial charge is 0.253 e. The second-order valence-corrected chi connectivity index (χ2v) is 12.1. The monoisotopic (exact) mass is 557 g/mol. The number of carbonyl (C=O) groups excluding carboxylic acids is 2. The average Bonchev–Trinajstić information content (AvgIpc) is 3.49. The number of amides is 2. The summed E-state index contributed by atoms with van der Waals surface area (Å²) in [6.45, 7) is 2.28. The number of nitrogens with one attached hydrogen (secondary N) is 1. The highest BCUT2D eigenvalue weighted by molar-refractivity contribution is 6.25. The summed E-state index contributed by atoms with van der Waals surface area (Å²) >= 11 is 0. The molecule has 5 nitrogen and oxygen atoms in total. The standard InChI is InChI=1S/C36H51N3O2/c1-2-3-4-5-6-7-8-9-10-11-12-13-14-15-16-18-21-28-24-25-31-30(26-28)27-32(38-31)39-35(40)33(34(37)36(39)41)29-22-19-17-20-23-29/h17,19-20,22-27,33-34,38H,2-16,18,21,37H2,1H3. The Hall–Kier alpha value is -2.92. The van der Waals surface area contributed by atoms with Crippen molar-refractivity contribution in [1.82, 2.24) is 4.98 Å². The van der Waals surface area contributed by atoms with Crippen LogP contribution >= 0.6 is 0 Å². The van der Waals surface area contributed by atoms with E-state index in [-0.39, 0.29) is 11.8 Å². The second-order valence-electron chi connectivity index (χ2n) is 12.1. The van der Waals surface area contributed by atoms with E-state index < -0.39 is 12.0 Å². The van der Waals surface area contributed by atoms with Crippen LogP contribution in [0.3, 0.4) is 0 Å². The number of aromatic amines is 1. The highest BCUT2D eigenvalue weighted by atomic mass is 16.2. The fourth-order valence-corrected chi connectivity index (χ4v) is 6.26. The molecule has 2 atom stereocenters. The van der Waals surface area contributed by atoms with Gasteiger partial charge in [-0.05, 0) is 42.2 Å². The first-order chi connectivity index (χ1) is 20.1. The van der Waals surface area contributed by atoms with Crippen LogP contribution in [0.15, 0.2) is 54.6 Å². The molecule has 41 heavy (non-hydrogen) atoms. The van der Waals surface area contributed by atoms with Gasteiger partial charge in [-0.2, -0.15) is 0 Å². The van der Waals surface area contributed by atoms with Crippen molar-refractivity contribution in [3.05, 3.63) is 65.7 Å². The molecule has 1 aliphatic heterocycles. The van der Waals surface area contributed by atoms with Crippen LogP contribution < -0.4 is 10.6 Å². The van der Waals surface area contributed by atoms with E-state index in [1.807, 2.05) is 36.4 Å². The number of benzene rings is 2. The molecule has 2 unspecified atom stereocenters. The first-order valence-electron chi connectivity index (χ1n) is 16.4. The molecule has 4 rings (SSSR count). The molecule has 1 aliphatic rings. The number of anilines is 1. The second kappa shape index (κ2) is 16.5. The Labute approximate surface area is 247 Å². The Balaban J connectivity index is 1.13. The number of hydrogen-bond acceptors (Lipinski definition) is 3. The lowest BCUT2D eigenvalue weighted by molar-refractivity contribution is -0.121. The first kappa shape index (κ1) is 31.0. The number of imide groups is 1. The van der Waals surface area contributed by atoms with Crippen molar-refractivity contribution in [2.24, 2.45) is 5.73 Å². The molecule has 0 aliphatic carbocycles. The van der Waals surface area contributed by atoms with Crippen LogP contribution in [0, 0.1) is 0 Å². The Kier molecular flexibility index (Phi) is 12.5. The summed E-state index contributed by atoms with van der Waals surface area (Å²) in [7, 11) is 0. The maximum atomic E-state index is 13.3. The predicted molar refractivity (Wildman–Crippen MR) is 171 cm³/mol. The normalized spacial score (nSPS) is 17.3. The van der Waals surface area contributed by atoms with Crippen molar-refractivity contribution in [3.63, 3.8) is 0 Å². The molecule has 2 amide bonds. The Morgan fingerprint density at radius 1 is 0.683 bits per heavy atom. The summed E-state index contributed by atoms with van der Waals surface area (Å²) < 4.78 is 0. The molecule has 0 saturated carbocycles. The number of rotatable bonds is 19. The van der Waals surface area contributed by atoms with E-state index in [9.17, 15) is 9.59 Å². The topological polar surface area (TPSA) is 79.2 Å². The number of unbranched alkanes of at least 4 members (excludes halogenated alkanes) is 15. The van der Waals surface area contributed by atoms with Gasteiger partial charge in [0.15, 0.2) is 0 Å². The van der Waals surface area contributed by atoms with Crippen molar-refractivity contribution in [2.75, 3.05) is 4.90 Å². The molecular weight excluding hydrogens is 506 g/mol. The van der Waals surface area contributed by atoms with Crippen molar-refractivity contribution < 1.29 is 9.59 Å². The predicted octanol–water partition coefficient (Wildman–Crippen LogP) is 8.96. The minimum Gasteiger partial charge on any atom is -0.341 e. The van der Waals surface area contributed by atoms with Crippen LogP contribution in [0.1, 0.15) is 127 Å². The van der Waals surface area contributed by atoms with E-state index in [2.05, 4.69) is 30.1 Å². The molecular formula is C36H51N3O2. The number of fused-ring (bicyclic) bond motifs is 1. The van der Waals surface area contributed by atoms with Crippen LogP contribution in [-0.4, -0.2) is 22.8 Å². The zero-order valence-electron chi connectivity index (χ0n) is 25.2. The molecule has 0 spiro atoms. The third-order valence-electron chi connectivity index (χ3n) is 8.74. The number of hydrogen-bond donors (Lipinski definition) is 2. The summed E-state index contributed by atoms with van der Waals surface area (Å²) in [5, 5.41) is 1.02. The van der Waals surface area contributed by atoms with Gasteiger partial charge >= 0.3 is 0 Å². The maximum Gasteiger partial charge on any atom is 0.253 e. The van der Waals surface area contributed by atoms with Crippen molar-refractivity contribution in [1.29, 1.82) is 0 Å². The number of aryl methyl sites for hydroxylation is 1. The van der Waals surface area contributed by atoms with Gasteiger partial charge in [-0.3, -0.25) is 9.59 Å². The Bertz CT molecular complexity index is 1220. The fraction of sp³-hybridized carbons (Fsp3) is 0.556. The molecule has 1 fully saturated rings. The van der Waals surface area contributed by atoms with E-state index in [0.29, 0.717) is 5.82 Å². The van der Waals surface area contributed by atoms with Gasteiger partial charge in [0.05, 0.1) is 5.92 Å². The van der Waals surface area contributed by atoms with E-state index >= 15 is 0 Å². The number of nitrogens with zero attached hydrogens (tertiary/aromatic N) is 1. The van der Waals surface area contributed by atoms with E-state index in [4.69, 9.17) is 5.73 Å². The van der Waals surface area contributed by atoms with Crippen molar-refractivity contribution >= 4 is 28.5 Å². The van der Waals surface area contributed by atoms with Gasteiger partial charge in [-0.1, -0.05) is 140 Å². The zero-order chi connectivity index (χ0) is 28.9. The van der Waals surface area contributed by atoms with Crippen molar-refractivity contribution in [3.8, 4) is 0 Å². The van der Waals surface area contributed by atoms with Gasteiger partial charge in [0.25, 0.3) is 5.91 Å². The van der Waals surface area contributed by atoms with Crippen LogP contribution in [0.4, 0.5) is 5.82 Å². The lowest BCUT2D eigenvalue weighted by atomic mass is 9.94. The Morgan fingerprint density at radius 2 is 1.24 bits per heavy atom. The molecule has 222 valence electrons. The molecule has 0 radical (unpaired) electrons. The molecule has 3 N–H and O–H groups in total. The molecule has 1 aromatic heterocycles. The summed E-state index contributed by atoms with van der Waals surface area (Å²) in [5.74, 6) is -0.776. The largest absolute Gasteiger partial charge is 0.341 e. The maximum absolute atomic E-state index is 13.3. The van der Waals surface area contributed by atoms with Crippen LogP contribution in [0.5, 0.6) is 0 Å². The van der Waals surface area contributed by atoms with Crippen LogP contribution in [-0.2, 0) is 16.0 Å². The highest BCUT2D eigenvalue weighted by Gasteiger charge is 2.47. The van der Waals surface area contributed by atoms with E-state index in [1.165, 1.54) is 113 Å². The average molecular weight is 558 g/mol. The lowest BCUT2D eigenvalue weighted by Crippen LogP contribution is -2.36. The molecule has 5 heteroatoms. The Morgan fingerprint density at radius 3 is 1.83 bits per heavy atom. The lowest BCUT2D eigenvalue weighted by Gasteiger charge is -2.12. The van der Waals surface area contributed by atoms with Gasteiger partial charge in [-0.25, -0.2) is 4.90 Å². The van der Waals surface area contributed by atoms with Gasteiger partial charge < -0.3 is 10.7 Å². The number of carbonyl (C=O) groups is 2. The third-order valence-corrected chi connectivity index (χ3v) is 8.74. The summed E-state index contributed by atoms with van der Waals surface area (Å²) in [4.78, 5) is 30.7. The summed E-state index contributed by atoms with van der Waals surface area (Å²) in [6.07, 6.45) is 23.1. The van der Waals surface area contributed by atoms with Gasteiger partial charge in [-0.15, -0.1) is 0 Å². The van der Waals surface area contributed by atoms with Gasteiger partial charge in [0, 0.05) is 10.9 Å². The number of H-pyrrole nitrogens is 1. The molecule has 2 aromatic carbocycles. The third kappa shape index (κ3) is 8.78. The van der Waals surface area contributed by atoms with Crippen LogP contribution in [0.25, 0.3) is 10.9 Å². The van der Waals surface area contributed by atoms with Gasteiger partial charge in [0.1, 0.15) is 11.9 Å². The molecule has 3 aromatic rings. The van der Waals surface area contributed by atoms with Crippen LogP contribution in [0.2, 0.25) is 0 Å². The summed E-state index contributed by atoms with van der Waals surface area (Å²) in [5.41, 5.74) is 9.21. The minimum absolute atomic E-state index is 0.270. The van der Waals surface area contributed by atoms with E-state index in [1.54, 1.807) is 0 Å². The number of aromatic nitrogens is 1. The summed E-state index contributed by atoms with van der Waals surface area (Å²) in [6, 6.07) is 16.8. The molecule has 0 bridgehead atoms. The van der Waals surface area contributed by atoms with Gasteiger partial charge in [0.2, 0.25) is 5.91 Å². The molecule has 2 heterocycles.